The fraction of sp³-hybridized carbons (Fsp3) is 0.583. The molecule has 2 aromatic rings. The molecule has 1 aliphatic carbocycles. The second kappa shape index (κ2) is 15.8. The molecule has 0 radical (unpaired) electrons. The number of rotatable bonds is 17. The molecule has 0 saturated heterocycles. The van der Waals surface area contributed by atoms with Crippen LogP contribution in [0.4, 0.5) is 23.5 Å². The number of hydrogen-bond donors (Lipinski definition) is 6. The van der Waals surface area contributed by atoms with Crippen molar-refractivity contribution in [1.82, 2.24) is 20.3 Å². The fourth-order valence-corrected chi connectivity index (χ4v) is 3.75. The fourth-order valence-electron chi connectivity index (χ4n) is 3.75. The standard InChI is InChI=1S/C24H38N8O4/c25-9-13-35-15-16-36-14-11-26-21(34)17-18-5-7-20(8-6-18)29-24-31-22(27-10-12-33)30-23(32-24)28-19-3-1-2-4-19/h5-8,19,33H,1-4,9-17,25H2,(H,26,34)(H3,27,28,29,30,31,32). The Balaban J connectivity index is 1.46. The minimum Gasteiger partial charge on any atom is -0.395 e. The lowest BCUT2D eigenvalue weighted by Gasteiger charge is -2.14. The summed E-state index contributed by atoms with van der Waals surface area (Å²) < 4.78 is 10.6. The molecule has 12 nitrogen and oxygen atoms in total. The Labute approximate surface area is 211 Å². The first kappa shape index (κ1) is 27.5. The van der Waals surface area contributed by atoms with Crippen LogP contribution in [0, 0.1) is 0 Å². The number of aliphatic hydroxyl groups is 1. The van der Waals surface area contributed by atoms with Crippen LogP contribution in [0.15, 0.2) is 24.3 Å². The summed E-state index contributed by atoms with van der Waals surface area (Å²) in [6, 6.07) is 7.88. The largest absolute Gasteiger partial charge is 0.395 e. The van der Waals surface area contributed by atoms with Crippen molar-refractivity contribution in [3.05, 3.63) is 29.8 Å². The number of anilines is 4. The minimum atomic E-state index is -0.0709. The molecule has 3 rings (SSSR count). The van der Waals surface area contributed by atoms with E-state index in [9.17, 15) is 4.79 Å². The Kier molecular flexibility index (Phi) is 12.1. The highest BCUT2D eigenvalue weighted by Crippen LogP contribution is 2.22. The van der Waals surface area contributed by atoms with E-state index in [4.69, 9.17) is 20.3 Å². The Morgan fingerprint density at radius 3 is 2.36 bits per heavy atom. The van der Waals surface area contributed by atoms with Crippen molar-refractivity contribution < 1.29 is 19.4 Å². The lowest BCUT2D eigenvalue weighted by Crippen LogP contribution is -2.29. The molecule has 1 aromatic carbocycles. The third kappa shape index (κ3) is 10.3. The number of nitrogens with zero attached hydrogens (tertiary/aromatic N) is 3. The molecule has 12 heteroatoms. The molecule has 1 aliphatic rings. The lowest BCUT2D eigenvalue weighted by atomic mass is 10.1. The zero-order chi connectivity index (χ0) is 25.4. The smallest absolute Gasteiger partial charge is 0.233 e. The normalized spacial score (nSPS) is 13.5. The Morgan fingerprint density at radius 1 is 0.944 bits per heavy atom. The zero-order valence-corrected chi connectivity index (χ0v) is 20.7. The quantitative estimate of drug-likeness (QED) is 0.171. The van der Waals surface area contributed by atoms with Crippen LogP contribution in [-0.2, 0) is 20.7 Å². The molecule has 0 spiro atoms. The number of carbonyl (C=O) groups excluding carboxylic acids is 1. The van der Waals surface area contributed by atoms with Gasteiger partial charge in [-0.3, -0.25) is 4.79 Å². The van der Waals surface area contributed by atoms with Crippen molar-refractivity contribution in [3.63, 3.8) is 0 Å². The zero-order valence-electron chi connectivity index (χ0n) is 20.7. The van der Waals surface area contributed by atoms with E-state index in [0.29, 0.717) is 69.9 Å². The number of aromatic nitrogens is 3. The highest BCUT2D eigenvalue weighted by molar-refractivity contribution is 5.78. The van der Waals surface area contributed by atoms with Gasteiger partial charge in [-0.15, -0.1) is 0 Å². The number of amides is 1. The second-order valence-electron chi connectivity index (χ2n) is 8.44. The molecular formula is C24H38N8O4. The molecule has 0 aliphatic heterocycles. The average molecular weight is 503 g/mol. The number of ether oxygens (including phenoxy) is 2. The van der Waals surface area contributed by atoms with Gasteiger partial charge in [-0.25, -0.2) is 0 Å². The van der Waals surface area contributed by atoms with Crippen LogP contribution in [0.2, 0.25) is 0 Å². The summed E-state index contributed by atoms with van der Waals surface area (Å²) in [7, 11) is 0. The van der Waals surface area contributed by atoms with Crippen LogP contribution in [0.1, 0.15) is 31.2 Å². The summed E-state index contributed by atoms with van der Waals surface area (Å²) in [5.41, 5.74) is 7.02. The van der Waals surface area contributed by atoms with Gasteiger partial charge in [0, 0.05) is 31.4 Å². The third-order valence-electron chi connectivity index (χ3n) is 5.50. The van der Waals surface area contributed by atoms with Crippen molar-refractivity contribution in [2.24, 2.45) is 5.73 Å². The lowest BCUT2D eigenvalue weighted by molar-refractivity contribution is -0.120. The van der Waals surface area contributed by atoms with Crippen LogP contribution in [0.25, 0.3) is 0 Å². The summed E-state index contributed by atoms with van der Waals surface area (Å²) in [6.45, 7) is 3.18. The van der Waals surface area contributed by atoms with Crippen molar-refractivity contribution in [3.8, 4) is 0 Å². The van der Waals surface area contributed by atoms with Gasteiger partial charge < -0.3 is 41.6 Å². The topological polar surface area (TPSA) is 169 Å². The number of nitrogens with two attached hydrogens (primary N) is 1. The van der Waals surface area contributed by atoms with Gasteiger partial charge in [-0.2, -0.15) is 15.0 Å². The molecule has 0 unspecified atom stereocenters. The molecule has 36 heavy (non-hydrogen) atoms. The van der Waals surface area contributed by atoms with E-state index in [1.807, 2.05) is 24.3 Å². The molecule has 7 N–H and O–H groups in total. The summed E-state index contributed by atoms with van der Waals surface area (Å²) in [5.74, 6) is 1.21. The average Bonchev–Trinajstić information content (AvgIpc) is 3.38. The van der Waals surface area contributed by atoms with Crippen LogP contribution in [0.3, 0.4) is 0 Å². The Morgan fingerprint density at radius 2 is 1.64 bits per heavy atom. The van der Waals surface area contributed by atoms with Gasteiger partial charge in [0.1, 0.15) is 0 Å². The molecular weight excluding hydrogens is 464 g/mol. The van der Waals surface area contributed by atoms with Crippen LogP contribution in [-0.4, -0.2) is 84.7 Å². The molecule has 1 amide bonds. The highest BCUT2D eigenvalue weighted by Gasteiger charge is 2.17. The van der Waals surface area contributed by atoms with Gasteiger partial charge in [-0.05, 0) is 30.5 Å². The van der Waals surface area contributed by atoms with Crippen LogP contribution < -0.4 is 27.0 Å². The summed E-state index contributed by atoms with van der Waals surface area (Å²) in [4.78, 5) is 25.5. The van der Waals surface area contributed by atoms with E-state index >= 15 is 0 Å². The van der Waals surface area contributed by atoms with Gasteiger partial charge >= 0.3 is 0 Å². The maximum atomic E-state index is 12.2. The van der Waals surface area contributed by atoms with Gasteiger partial charge in [0.15, 0.2) is 0 Å². The Hall–Kier alpha value is -3.06. The van der Waals surface area contributed by atoms with E-state index in [0.717, 1.165) is 24.1 Å². The number of hydrogen-bond acceptors (Lipinski definition) is 11. The van der Waals surface area contributed by atoms with Crippen molar-refractivity contribution in [2.75, 3.05) is 68.6 Å². The molecule has 1 heterocycles. The van der Waals surface area contributed by atoms with Crippen LogP contribution >= 0.6 is 0 Å². The molecule has 0 bridgehead atoms. The first-order valence-electron chi connectivity index (χ1n) is 12.5. The van der Waals surface area contributed by atoms with E-state index < -0.39 is 0 Å². The first-order valence-corrected chi connectivity index (χ1v) is 12.5. The summed E-state index contributed by atoms with van der Waals surface area (Å²) >= 11 is 0. The van der Waals surface area contributed by atoms with Crippen molar-refractivity contribution >= 4 is 29.4 Å². The minimum absolute atomic E-state index is 0.0217. The number of nitrogens with one attached hydrogen (secondary N) is 4. The van der Waals surface area contributed by atoms with Gasteiger partial charge in [0.05, 0.1) is 39.5 Å². The van der Waals surface area contributed by atoms with E-state index in [2.05, 4.69) is 36.2 Å². The molecule has 1 fully saturated rings. The second-order valence-corrected chi connectivity index (χ2v) is 8.44. The maximum Gasteiger partial charge on any atom is 0.233 e. The highest BCUT2D eigenvalue weighted by atomic mass is 16.5. The summed E-state index contributed by atoms with van der Waals surface area (Å²) in [5, 5.41) is 21.5. The van der Waals surface area contributed by atoms with Gasteiger partial charge in [0.2, 0.25) is 23.8 Å². The maximum absolute atomic E-state index is 12.2. The van der Waals surface area contributed by atoms with E-state index in [1.165, 1.54) is 12.8 Å². The number of benzene rings is 1. The van der Waals surface area contributed by atoms with Gasteiger partial charge in [0.25, 0.3) is 0 Å². The third-order valence-corrected chi connectivity index (χ3v) is 5.50. The number of carbonyl (C=O) groups is 1. The number of aliphatic hydroxyl groups excluding tert-OH is 1. The van der Waals surface area contributed by atoms with E-state index in [1.54, 1.807) is 0 Å². The molecule has 0 atom stereocenters. The predicted octanol–water partition coefficient (Wildman–Crippen LogP) is 1.02. The molecule has 198 valence electrons. The Bertz CT molecular complexity index is 909. The molecule has 1 saturated carbocycles. The molecule has 1 aromatic heterocycles. The first-order chi connectivity index (χ1) is 17.7. The van der Waals surface area contributed by atoms with E-state index in [-0.39, 0.29) is 18.9 Å². The van der Waals surface area contributed by atoms with Crippen molar-refractivity contribution in [2.45, 2.75) is 38.1 Å². The van der Waals surface area contributed by atoms with Gasteiger partial charge in [-0.1, -0.05) is 25.0 Å². The van der Waals surface area contributed by atoms with Crippen molar-refractivity contribution in [1.29, 1.82) is 0 Å². The monoisotopic (exact) mass is 502 g/mol. The van der Waals surface area contributed by atoms with Crippen LogP contribution in [0.5, 0.6) is 0 Å². The SMILES string of the molecule is NCCOCCOCCNC(=O)Cc1ccc(Nc2nc(NCCO)nc(NC3CCCC3)n2)cc1. The summed E-state index contributed by atoms with van der Waals surface area (Å²) in [6.07, 6.45) is 4.87. The predicted molar refractivity (Wildman–Crippen MR) is 138 cm³/mol.